The molecule has 0 aliphatic heterocycles. The van der Waals surface area contributed by atoms with Crippen LogP contribution < -0.4 is 15.8 Å². The van der Waals surface area contributed by atoms with Crippen molar-refractivity contribution in [2.45, 2.75) is 26.0 Å². The molecule has 0 aromatic heterocycles. The predicted octanol–water partition coefficient (Wildman–Crippen LogP) is 0.974. The Morgan fingerprint density at radius 2 is 2.18 bits per heavy atom. The Kier molecular flexibility index (Phi) is 5.41. The van der Waals surface area contributed by atoms with Crippen LogP contribution in [0.2, 0.25) is 0 Å². The van der Waals surface area contributed by atoms with Crippen LogP contribution in [0.5, 0.6) is 5.75 Å². The molecule has 96 valence electrons. The zero-order valence-electron chi connectivity index (χ0n) is 10.7. The first kappa shape index (κ1) is 14.0. The fourth-order valence-electron chi connectivity index (χ4n) is 1.90. The molecule has 2 atom stereocenters. The van der Waals surface area contributed by atoms with Crippen LogP contribution >= 0.6 is 0 Å². The van der Waals surface area contributed by atoms with E-state index in [1.54, 1.807) is 0 Å². The van der Waals surface area contributed by atoms with Gasteiger partial charge in [-0.05, 0) is 38.1 Å². The summed E-state index contributed by atoms with van der Waals surface area (Å²) in [5, 5.41) is 12.9. The van der Waals surface area contributed by atoms with Gasteiger partial charge in [-0.3, -0.25) is 0 Å². The number of rotatable bonds is 6. The number of aliphatic hydroxyl groups excluding tert-OH is 1. The molecule has 4 nitrogen and oxygen atoms in total. The van der Waals surface area contributed by atoms with Gasteiger partial charge in [0.2, 0.25) is 0 Å². The van der Waals surface area contributed by atoms with E-state index < -0.39 is 6.10 Å². The molecule has 0 saturated heterocycles. The van der Waals surface area contributed by atoms with Gasteiger partial charge in [-0.25, -0.2) is 0 Å². The number of benzene rings is 1. The van der Waals surface area contributed by atoms with Crippen molar-refractivity contribution in [3.05, 3.63) is 29.3 Å². The molecule has 1 aromatic carbocycles. The lowest BCUT2D eigenvalue weighted by Gasteiger charge is -2.22. The number of ether oxygens (including phenoxy) is 1. The van der Waals surface area contributed by atoms with Crippen LogP contribution in [0.3, 0.4) is 0 Å². The van der Waals surface area contributed by atoms with Crippen molar-refractivity contribution in [3.8, 4) is 5.75 Å². The molecule has 0 radical (unpaired) electrons. The monoisotopic (exact) mass is 238 g/mol. The zero-order valence-corrected chi connectivity index (χ0v) is 10.7. The van der Waals surface area contributed by atoms with Crippen molar-refractivity contribution in [1.29, 1.82) is 0 Å². The zero-order chi connectivity index (χ0) is 12.8. The molecular formula is C13H22N2O2. The summed E-state index contributed by atoms with van der Waals surface area (Å²) in [5.74, 6) is 0.883. The Morgan fingerprint density at radius 1 is 1.47 bits per heavy atom. The molecule has 1 rings (SSSR count). The predicted molar refractivity (Wildman–Crippen MR) is 69.2 cm³/mol. The normalized spacial score (nSPS) is 14.4. The summed E-state index contributed by atoms with van der Waals surface area (Å²) >= 11 is 0. The summed E-state index contributed by atoms with van der Waals surface area (Å²) in [7, 11) is 1.81. The fraction of sp³-hybridized carbons (Fsp3) is 0.538. The van der Waals surface area contributed by atoms with Crippen molar-refractivity contribution in [2.75, 3.05) is 20.2 Å². The molecule has 2 unspecified atom stereocenters. The number of nitrogens with two attached hydrogens (primary N) is 1. The molecule has 1 aromatic rings. The average Bonchev–Trinajstić information content (AvgIpc) is 2.33. The van der Waals surface area contributed by atoms with E-state index in [1.165, 1.54) is 0 Å². The molecule has 0 spiro atoms. The molecule has 0 aliphatic rings. The van der Waals surface area contributed by atoms with E-state index in [-0.39, 0.29) is 12.6 Å². The first-order valence-corrected chi connectivity index (χ1v) is 5.92. The van der Waals surface area contributed by atoms with Crippen LogP contribution in [0.4, 0.5) is 0 Å². The Labute approximate surface area is 103 Å². The highest BCUT2D eigenvalue weighted by Crippen LogP contribution is 2.24. The van der Waals surface area contributed by atoms with Gasteiger partial charge in [-0.15, -0.1) is 0 Å². The third kappa shape index (κ3) is 3.43. The fourth-order valence-corrected chi connectivity index (χ4v) is 1.90. The minimum absolute atomic E-state index is 0.144. The van der Waals surface area contributed by atoms with E-state index in [0.29, 0.717) is 6.61 Å². The van der Waals surface area contributed by atoms with Gasteiger partial charge in [0, 0.05) is 6.54 Å². The molecule has 0 bridgehead atoms. The summed E-state index contributed by atoms with van der Waals surface area (Å²) in [6.07, 6.45) is -0.586. The van der Waals surface area contributed by atoms with Crippen LogP contribution in [0.1, 0.15) is 24.1 Å². The second-order valence-corrected chi connectivity index (χ2v) is 4.03. The van der Waals surface area contributed by atoms with E-state index in [4.69, 9.17) is 10.5 Å². The molecular weight excluding hydrogens is 216 g/mol. The number of hydrogen-bond acceptors (Lipinski definition) is 4. The molecule has 0 heterocycles. The summed E-state index contributed by atoms with van der Waals surface area (Å²) in [6.45, 7) is 4.84. The van der Waals surface area contributed by atoms with E-state index in [0.717, 1.165) is 16.9 Å². The van der Waals surface area contributed by atoms with Crippen LogP contribution in [0.25, 0.3) is 0 Å². The summed E-state index contributed by atoms with van der Waals surface area (Å²) in [4.78, 5) is 0. The molecule has 4 heteroatoms. The third-order valence-electron chi connectivity index (χ3n) is 2.80. The Bertz CT molecular complexity index is 355. The highest BCUT2D eigenvalue weighted by atomic mass is 16.5. The lowest BCUT2D eigenvalue weighted by molar-refractivity contribution is 0.139. The number of nitrogens with one attached hydrogen (secondary N) is 1. The van der Waals surface area contributed by atoms with Crippen molar-refractivity contribution in [2.24, 2.45) is 5.73 Å². The smallest absolute Gasteiger partial charge is 0.122 e. The van der Waals surface area contributed by atoms with Crippen LogP contribution in [0.15, 0.2) is 18.2 Å². The van der Waals surface area contributed by atoms with Crippen LogP contribution in [-0.2, 0) is 0 Å². The highest BCUT2D eigenvalue weighted by molar-refractivity contribution is 5.37. The number of aliphatic hydroxyl groups is 1. The summed E-state index contributed by atoms with van der Waals surface area (Å²) in [5.41, 5.74) is 7.57. The van der Waals surface area contributed by atoms with E-state index in [2.05, 4.69) is 5.32 Å². The van der Waals surface area contributed by atoms with E-state index in [9.17, 15) is 5.11 Å². The van der Waals surface area contributed by atoms with Crippen LogP contribution in [-0.4, -0.2) is 31.4 Å². The minimum Gasteiger partial charge on any atom is -0.494 e. The maximum atomic E-state index is 9.82. The standard InChI is InChI=1S/C13H22N2O2/c1-4-17-12-6-5-10(7-9(12)2)13(15-3)11(16)8-14/h5-7,11,13,15-16H,4,8,14H2,1-3H3. The lowest BCUT2D eigenvalue weighted by Crippen LogP contribution is -2.35. The average molecular weight is 238 g/mol. The molecule has 0 amide bonds. The van der Waals surface area contributed by atoms with Crippen LogP contribution in [0, 0.1) is 6.92 Å². The maximum Gasteiger partial charge on any atom is 0.122 e. The van der Waals surface area contributed by atoms with Crippen molar-refractivity contribution in [3.63, 3.8) is 0 Å². The summed E-state index contributed by atoms with van der Waals surface area (Å²) in [6, 6.07) is 5.76. The van der Waals surface area contributed by atoms with Gasteiger partial charge in [-0.2, -0.15) is 0 Å². The quantitative estimate of drug-likeness (QED) is 0.691. The number of likely N-dealkylation sites (N-methyl/N-ethyl adjacent to an activating group) is 1. The number of hydrogen-bond donors (Lipinski definition) is 3. The number of aryl methyl sites for hydroxylation is 1. The third-order valence-corrected chi connectivity index (χ3v) is 2.80. The topological polar surface area (TPSA) is 67.5 Å². The highest BCUT2D eigenvalue weighted by Gasteiger charge is 2.18. The molecule has 0 fully saturated rings. The van der Waals surface area contributed by atoms with E-state index in [1.807, 2.05) is 39.1 Å². The van der Waals surface area contributed by atoms with Crippen molar-refractivity contribution in [1.82, 2.24) is 5.32 Å². The molecule has 0 saturated carbocycles. The van der Waals surface area contributed by atoms with Crippen molar-refractivity contribution >= 4 is 0 Å². The first-order valence-electron chi connectivity index (χ1n) is 5.92. The molecule has 17 heavy (non-hydrogen) atoms. The second kappa shape index (κ2) is 6.59. The largest absolute Gasteiger partial charge is 0.494 e. The second-order valence-electron chi connectivity index (χ2n) is 4.03. The van der Waals surface area contributed by atoms with E-state index >= 15 is 0 Å². The van der Waals surface area contributed by atoms with Crippen molar-refractivity contribution < 1.29 is 9.84 Å². The first-order chi connectivity index (χ1) is 8.13. The SMILES string of the molecule is CCOc1ccc(C(NC)C(O)CN)cc1C. The van der Waals surface area contributed by atoms with Gasteiger partial charge in [0.15, 0.2) is 0 Å². The van der Waals surface area contributed by atoms with Gasteiger partial charge < -0.3 is 20.9 Å². The Hall–Kier alpha value is -1.10. The van der Waals surface area contributed by atoms with Gasteiger partial charge in [-0.1, -0.05) is 12.1 Å². The summed E-state index contributed by atoms with van der Waals surface area (Å²) < 4.78 is 5.48. The lowest BCUT2D eigenvalue weighted by atomic mass is 9.99. The Balaban J connectivity index is 2.94. The minimum atomic E-state index is -0.586. The van der Waals surface area contributed by atoms with Gasteiger partial charge in [0.1, 0.15) is 5.75 Å². The Morgan fingerprint density at radius 3 is 2.65 bits per heavy atom. The van der Waals surface area contributed by atoms with Gasteiger partial charge in [0.05, 0.1) is 18.8 Å². The maximum absolute atomic E-state index is 9.82. The molecule has 0 aliphatic carbocycles. The van der Waals surface area contributed by atoms with Gasteiger partial charge in [0.25, 0.3) is 0 Å². The van der Waals surface area contributed by atoms with Gasteiger partial charge >= 0.3 is 0 Å². The molecule has 4 N–H and O–H groups in total.